The Balaban J connectivity index is 1.96. The molecule has 0 fully saturated rings. The predicted octanol–water partition coefficient (Wildman–Crippen LogP) is 4.79. The Morgan fingerprint density at radius 3 is 2.59 bits per heavy atom. The second kappa shape index (κ2) is 6.12. The number of fused-ring (bicyclic) bond motifs is 1. The lowest BCUT2D eigenvalue weighted by molar-refractivity contribution is 0.373. The number of phenolic OH excluding ortho intramolecular Hbond substituents is 1. The highest BCUT2D eigenvalue weighted by atomic mass is 32.1. The maximum Gasteiger partial charge on any atom is 0.160 e. The van der Waals surface area contributed by atoms with E-state index in [4.69, 9.17) is 9.47 Å². The van der Waals surface area contributed by atoms with Crippen LogP contribution in [-0.2, 0) is 0 Å². The molecule has 0 saturated carbocycles. The van der Waals surface area contributed by atoms with Crippen LogP contribution in [0.15, 0.2) is 41.8 Å². The Labute approximate surface area is 133 Å². The average molecular weight is 312 g/mol. The fourth-order valence-electron chi connectivity index (χ4n) is 2.39. The molecule has 0 aliphatic carbocycles. The first-order valence-electron chi connectivity index (χ1n) is 6.82. The molecule has 4 heteroatoms. The van der Waals surface area contributed by atoms with E-state index >= 15 is 0 Å². The van der Waals surface area contributed by atoms with E-state index in [0.29, 0.717) is 5.75 Å². The minimum atomic E-state index is 0.130. The van der Waals surface area contributed by atoms with Crippen LogP contribution in [0.2, 0.25) is 0 Å². The molecular weight excluding hydrogens is 296 g/mol. The van der Waals surface area contributed by atoms with E-state index in [-0.39, 0.29) is 5.75 Å². The fraction of sp³-hybridized carbons (Fsp3) is 0.111. The van der Waals surface area contributed by atoms with Crippen molar-refractivity contribution < 1.29 is 14.6 Å². The second-order valence-corrected chi connectivity index (χ2v) is 5.73. The van der Waals surface area contributed by atoms with Crippen molar-refractivity contribution in [1.82, 2.24) is 0 Å². The monoisotopic (exact) mass is 312 g/mol. The highest BCUT2D eigenvalue weighted by Crippen LogP contribution is 2.34. The molecule has 0 bridgehead atoms. The Bertz CT molecular complexity index is 833. The van der Waals surface area contributed by atoms with Crippen LogP contribution < -0.4 is 9.47 Å². The van der Waals surface area contributed by atoms with Gasteiger partial charge in [-0.05, 0) is 41.3 Å². The van der Waals surface area contributed by atoms with Crippen LogP contribution in [0.3, 0.4) is 0 Å². The molecule has 3 aromatic rings. The summed E-state index contributed by atoms with van der Waals surface area (Å²) in [5.41, 5.74) is 1.90. The van der Waals surface area contributed by atoms with Crippen LogP contribution >= 0.6 is 11.3 Å². The summed E-state index contributed by atoms with van der Waals surface area (Å²) in [5, 5.41) is 13.0. The summed E-state index contributed by atoms with van der Waals surface area (Å²) < 4.78 is 11.8. The van der Waals surface area contributed by atoms with Crippen molar-refractivity contribution in [3.8, 4) is 17.2 Å². The van der Waals surface area contributed by atoms with Gasteiger partial charge in [0.2, 0.25) is 0 Å². The maximum atomic E-state index is 9.82. The van der Waals surface area contributed by atoms with E-state index in [2.05, 4.69) is 17.5 Å². The van der Waals surface area contributed by atoms with Crippen LogP contribution in [0, 0.1) is 0 Å². The third kappa shape index (κ3) is 2.65. The summed E-state index contributed by atoms with van der Waals surface area (Å²) in [6.07, 6.45) is 3.92. The van der Waals surface area contributed by atoms with Gasteiger partial charge in [-0.15, -0.1) is 11.3 Å². The van der Waals surface area contributed by atoms with Gasteiger partial charge in [-0.25, -0.2) is 0 Å². The number of benzene rings is 2. The van der Waals surface area contributed by atoms with Gasteiger partial charge in [0, 0.05) is 15.6 Å². The van der Waals surface area contributed by atoms with Crippen LogP contribution in [0.25, 0.3) is 22.2 Å². The molecule has 0 radical (unpaired) electrons. The molecule has 0 unspecified atom stereocenters. The van der Waals surface area contributed by atoms with Crippen LogP contribution in [0.1, 0.15) is 11.1 Å². The first-order chi connectivity index (χ1) is 10.7. The quantitative estimate of drug-likeness (QED) is 0.704. The van der Waals surface area contributed by atoms with Crippen LogP contribution in [0.4, 0.5) is 0 Å². The van der Waals surface area contributed by atoms with Gasteiger partial charge in [0.1, 0.15) is 5.75 Å². The van der Waals surface area contributed by atoms with Crippen molar-refractivity contribution in [2.24, 2.45) is 0 Å². The van der Waals surface area contributed by atoms with E-state index in [1.165, 1.54) is 11.8 Å². The number of hydrogen-bond donors (Lipinski definition) is 1. The predicted molar refractivity (Wildman–Crippen MR) is 92.0 cm³/mol. The number of methoxy groups -OCH3 is 2. The number of phenols is 1. The first-order valence-corrected chi connectivity index (χ1v) is 7.70. The molecule has 112 valence electrons. The standard InChI is InChI=1S/C18H16O3S/c1-20-16-7-4-12(11-15(16)19)3-5-13-6-8-17-14(9-10-22-17)18(13)21-2/h3-11,19H,1-2H3. The van der Waals surface area contributed by atoms with Gasteiger partial charge in [0.25, 0.3) is 0 Å². The lowest BCUT2D eigenvalue weighted by Crippen LogP contribution is -1.87. The maximum absolute atomic E-state index is 9.82. The molecule has 1 N–H and O–H groups in total. The summed E-state index contributed by atoms with van der Waals surface area (Å²) in [6.45, 7) is 0. The highest BCUT2D eigenvalue weighted by Gasteiger charge is 2.07. The van der Waals surface area contributed by atoms with Crippen molar-refractivity contribution in [2.75, 3.05) is 14.2 Å². The largest absolute Gasteiger partial charge is 0.504 e. The summed E-state index contributed by atoms with van der Waals surface area (Å²) in [6, 6.07) is 11.5. The van der Waals surface area contributed by atoms with E-state index in [1.54, 1.807) is 30.6 Å². The summed E-state index contributed by atoms with van der Waals surface area (Å²) in [7, 11) is 3.22. The molecule has 1 aromatic heterocycles. The van der Waals surface area contributed by atoms with Gasteiger partial charge in [0.05, 0.1) is 14.2 Å². The summed E-state index contributed by atoms with van der Waals surface area (Å²) in [4.78, 5) is 0. The Kier molecular flexibility index (Phi) is 4.02. The van der Waals surface area contributed by atoms with E-state index in [0.717, 1.165) is 22.3 Å². The van der Waals surface area contributed by atoms with Gasteiger partial charge in [-0.3, -0.25) is 0 Å². The van der Waals surface area contributed by atoms with Gasteiger partial charge >= 0.3 is 0 Å². The molecule has 3 nitrogen and oxygen atoms in total. The topological polar surface area (TPSA) is 38.7 Å². The van der Waals surface area contributed by atoms with Gasteiger partial charge < -0.3 is 14.6 Å². The molecular formula is C18H16O3S. The lowest BCUT2D eigenvalue weighted by atomic mass is 10.1. The number of aromatic hydroxyl groups is 1. The number of thiophene rings is 1. The van der Waals surface area contributed by atoms with Crippen LogP contribution in [0.5, 0.6) is 17.2 Å². The number of ether oxygens (including phenoxy) is 2. The Morgan fingerprint density at radius 1 is 1.00 bits per heavy atom. The van der Waals surface area contributed by atoms with E-state index < -0.39 is 0 Å². The normalized spacial score (nSPS) is 11.2. The Hall–Kier alpha value is -2.46. The van der Waals surface area contributed by atoms with Gasteiger partial charge in [-0.2, -0.15) is 0 Å². The zero-order valence-electron chi connectivity index (χ0n) is 12.4. The summed E-state index contributed by atoms with van der Waals surface area (Å²) >= 11 is 1.70. The van der Waals surface area contributed by atoms with Gasteiger partial charge in [-0.1, -0.05) is 18.2 Å². The van der Waals surface area contributed by atoms with Crippen molar-refractivity contribution in [2.45, 2.75) is 0 Å². The zero-order chi connectivity index (χ0) is 15.5. The number of hydrogen-bond acceptors (Lipinski definition) is 4. The Morgan fingerprint density at radius 2 is 1.86 bits per heavy atom. The molecule has 0 saturated heterocycles. The highest BCUT2D eigenvalue weighted by molar-refractivity contribution is 7.17. The number of rotatable bonds is 4. The van der Waals surface area contributed by atoms with Crippen molar-refractivity contribution in [3.05, 3.63) is 52.9 Å². The third-order valence-electron chi connectivity index (χ3n) is 3.48. The van der Waals surface area contributed by atoms with Crippen molar-refractivity contribution in [1.29, 1.82) is 0 Å². The van der Waals surface area contributed by atoms with Crippen molar-refractivity contribution >= 4 is 33.6 Å². The molecule has 0 spiro atoms. The lowest BCUT2D eigenvalue weighted by Gasteiger charge is -2.07. The summed E-state index contributed by atoms with van der Waals surface area (Å²) in [5.74, 6) is 1.46. The molecule has 0 amide bonds. The SMILES string of the molecule is COc1ccc(C=Cc2ccc3sccc3c2OC)cc1O. The zero-order valence-corrected chi connectivity index (χ0v) is 13.2. The molecule has 1 heterocycles. The molecule has 0 aliphatic rings. The smallest absolute Gasteiger partial charge is 0.160 e. The first kappa shape index (κ1) is 14.5. The molecule has 22 heavy (non-hydrogen) atoms. The van der Waals surface area contributed by atoms with Gasteiger partial charge in [0.15, 0.2) is 11.5 Å². The fourth-order valence-corrected chi connectivity index (χ4v) is 3.18. The second-order valence-electron chi connectivity index (χ2n) is 4.79. The van der Waals surface area contributed by atoms with Crippen molar-refractivity contribution in [3.63, 3.8) is 0 Å². The molecule has 0 aliphatic heterocycles. The van der Waals surface area contributed by atoms with Crippen LogP contribution in [-0.4, -0.2) is 19.3 Å². The molecule has 3 rings (SSSR count). The minimum absolute atomic E-state index is 0.130. The third-order valence-corrected chi connectivity index (χ3v) is 4.36. The molecule has 2 aromatic carbocycles. The molecule has 0 atom stereocenters. The van der Waals surface area contributed by atoms with E-state index in [1.807, 2.05) is 24.3 Å². The average Bonchev–Trinajstić information content (AvgIpc) is 3.01. The van der Waals surface area contributed by atoms with E-state index in [9.17, 15) is 5.11 Å². The minimum Gasteiger partial charge on any atom is -0.504 e.